The molecule has 1 aliphatic carbocycles. The van der Waals surface area contributed by atoms with Gasteiger partial charge in [0.15, 0.2) is 0 Å². The zero-order valence-electron chi connectivity index (χ0n) is 23.6. The van der Waals surface area contributed by atoms with Gasteiger partial charge in [-0.15, -0.1) is 0 Å². The number of benzene rings is 1. The fraction of sp³-hybridized carbons (Fsp3) is 0.586. The first-order valence-corrected chi connectivity index (χ1v) is 13.9. The number of carbonyl (C=O) groups excluding carboxylic acids is 1. The summed E-state index contributed by atoms with van der Waals surface area (Å²) in [7, 11) is 0. The number of ether oxygens (including phenoxy) is 1. The summed E-state index contributed by atoms with van der Waals surface area (Å²) in [5.74, 6) is 0.299. The van der Waals surface area contributed by atoms with Crippen LogP contribution in [-0.2, 0) is 41.1 Å². The molecule has 2 N–H and O–H groups in total. The Kier molecular flexibility index (Phi) is 11.5. The Hall–Kier alpha value is -2.87. The molecule has 240 valence electrons. The number of hydrogen-bond donors (Lipinski definition) is 2. The lowest BCUT2D eigenvalue weighted by Crippen LogP contribution is -2.30. The molecule has 0 saturated heterocycles. The van der Waals surface area contributed by atoms with Crippen molar-refractivity contribution in [3.63, 3.8) is 0 Å². The first kappa shape index (κ1) is 34.6. The number of aromatic nitrogens is 1. The molecule has 0 spiro atoms. The van der Waals surface area contributed by atoms with Crippen molar-refractivity contribution < 1.29 is 49.0 Å². The third kappa shape index (κ3) is 10.4. The zero-order valence-corrected chi connectivity index (χ0v) is 23.6. The van der Waals surface area contributed by atoms with Crippen molar-refractivity contribution in [3.8, 4) is 0 Å². The summed E-state index contributed by atoms with van der Waals surface area (Å²) in [6.45, 7) is 3.60. The molecule has 1 aromatic carbocycles. The monoisotopic (exact) mass is 627 g/mol. The average molecular weight is 628 g/mol. The van der Waals surface area contributed by atoms with Gasteiger partial charge in [0.2, 0.25) is 0 Å². The second-order valence-corrected chi connectivity index (χ2v) is 10.8. The Morgan fingerprint density at radius 2 is 1.42 bits per heavy atom. The molecule has 1 fully saturated rings. The van der Waals surface area contributed by atoms with Gasteiger partial charge in [0, 0.05) is 31.7 Å². The minimum Gasteiger partial charge on any atom is -0.466 e. The van der Waals surface area contributed by atoms with Gasteiger partial charge >= 0.3 is 24.5 Å². The van der Waals surface area contributed by atoms with Crippen molar-refractivity contribution in [3.05, 3.63) is 64.0 Å². The van der Waals surface area contributed by atoms with Crippen LogP contribution in [0.15, 0.2) is 30.5 Å². The second-order valence-electron chi connectivity index (χ2n) is 10.8. The minimum atomic E-state index is -5.02. The molecule has 14 heteroatoms. The Bertz CT molecular complexity index is 1190. The molecule has 43 heavy (non-hydrogen) atoms. The molecule has 1 heterocycles. The van der Waals surface area contributed by atoms with E-state index in [1.165, 1.54) is 0 Å². The maximum absolute atomic E-state index is 13.4. The summed E-state index contributed by atoms with van der Waals surface area (Å²) >= 11 is 0. The van der Waals surface area contributed by atoms with Gasteiger partial charge in [-0.05, 0) is 93.3 Å². The largest absolute Gasteiger partial charge is 0.466 e. The Balaban J connectivity index is 1.68. The fourth-order valence-corrected chi connectivity index (χ4v) is 5.21. The quantitative estimate of drug-likeness (QED) is 0.196. The maximum Gasteiger partial charge on any atom is 0.417 e. The summed E-state index contributed by atoms with van der Waals surface area (Å²) in [6.07, 6.45) is -10.3. The Morgan fingerprint density at radius 3 is 1.95 bits per heavy atom. The highest BCUT2D eigenvalue weighted by molar-refractivity contribution is 5.69. The molecule has 5 nitrogen and oxygen atoms in total. The number of rotatable bonds is 11. The van der Waals surface area contributed by atoms with Gasteiger partial charge in [-0.2, -0.15) is 39.5 Å². The lowest BCUT2D eigenvalue weighted by molar-refractivity contribution is -0.145. The van der Waals surface area contributed by atoms with Crippen LogP contribution in [0.4, 0.5) is 39.5 Å². The summed E-state index contributed by atoms with van der Waals surface area (Å²) in [6, 6.07) is 1.53. The predicted octanol–water partition coefficient (Wildman–Crippen LogP) is 7.84. The van der Waals surface area contributed by atoms with Gasteiger partial charge in [0.05, 0.1) is 29.0 Å². The Labute approximate surface area is 243 Å². The number of halogens is 9. The van der Waals surface area contributed by atoms with Crippen LogP contribution in [0, 0.1) is 11.8 Å². The van der Waals surface area contributed by atoms with Gasteiger partial charge in [0.25, 0.3) is 0 Å². The molecule has 3 rings (SSSR count). The highest BCUT2D eigenvalue weighted by atomic mass is 19.4. The van der Waals surface area contributed by atoms with Crippen molar-refractivity contribution in [2.24, 2.45) is 11.8 Å². The molecule has 0 bridgehead atoms. The van der Waals surface area contributed by atoms with E-state index in [2.05, 4.69) is 15.6 Å². The van der Waals surface area contributed by atoms with Crippen LogP contribution in [0.25, 0.3) is 0 Å². The lowest BCUT2D eigenvalue weighted by Gasteiger charge is -2.29. The molecule has 2 aromatic rings. The van der Waals surface area contributed by atoms with Gasteiger partial charge < -0.3 is 15.4 Å². The molecular formula is C29H34F9N3O2. The smallest absolute Gasteiger partial charge is 0.417 e. The maximum atomic E-state index is 13.4. The summed E-state index contributed by atoms with van der Waals surface area (Å²) in [5.41, 5.74) is -3.93. The van der Waals surface area contributed by atoms with E-state index in [1.54, 1.807) is 13.8 Å². The van der Waals surface area contributed by atoms with Crippen LogP contribution in [0.2, 0.25) is 0 Å². The van der Waals surface area contributed by atoms with Gasteiger partial charge in [-0.3, -0.25) is 9.78 Å². The van der Waals surface area contributed by atoms with Crippen LogP contribution in [0.3, 0.4) is 0 Å². The molecular weight excluding hydrogens is 593 g/mol. The van der Waals surface area contributed by atoms with E-state index in [-0.39, 0.29) is 47.2 Å². The standard InChI is InChI=1S/C29H34F9N3O2/c1-3-43-25(42)10-18-4-6-19(7-5-18)14-40-17(2)26-21(11-24(16-41-26)29(36,37)38)15-39-13-20-8-22(27(30,31)32)12-23(9-20)28(33,34)35/h8-9,11-12,16-19,39-40H,3-7,10,13-15H2,1-2H3. The highest BCUT2D eigenvalue weighted by Gasteiger charge is 2.37. The number of hydrogen-bond acceptors (Lipinski definition) is 5. The van der Waals surface area contributed by atoms with Crippen LogP contribution >= 0.6 is 0 Å². The third-order valence-corrected chi connectivity index (χ3v) is 7.47. The van der Waals surface area contributed by atoms with E-state index in [9.17, 15) is 44.3 Å². The van der Waals surface area contributed by atoms with Gasteiger partial charge in [0.1, 0.15) is 0 Å². The van der Waals surface area contributed by atoms with Crippen molar-refractivity contribution in [2.75, 3.05) is 13.2 Å². The number of esters is 1. The second kappa shape index (κ2) is 14.3. The van der Waals surface area contributed by atoms with Crippen LogP contribution in [0.1, 0.15) is 85.5 Å². The highest BCUT2D eigenvalue weighted by Crippen LogP contribution is 2.37. The summed E-state index contributed by atoms with van der Waals surface area (Å²) in [4.78, 5) is 15.8. The van der Waals surface area contributed by atoms with E-state index >= 15 is 0 Å². The van der Waals surface area contributed by atoms with Gasteiger partial charge in [-0.1, -0.05) is 0 Å². The van der Waals surface area contributed by atoms with E-state index in [0.717, 1.165) is 31.7 Å². The molecule has 1 saturated carbocycles. The van der Waals surface area contributed by atoms with E-state index in [0.29, 0.717) is 37.9 Å². The van der Waals surface area contributed by atoms with Crippen molar-refractivity contribution >= 4 is 5.97 Å². The van der Waals surface area contributed by atoms with Crippen LogP contribution < -0.4 is 10.6 Å². The minimum absolute atomic E-state index is 0.0124. The van der Waals surface area contributed by atoms with E-state index < -0.39 is 47.8 Å². The molecule has 1 aliphatic rings. The van der Waals surface area contributed by atoms with E-state index in [4.69, 9.17) is 4.74 Å². The summed E-state index contributed by atoms with van der Waals surface area (Å²) in [5, 5.41) is 5.96. The Morgan fingerprint density at radius 1 is 0.860 bits per heavy atom. The normalized spacial score (nSPS) is 18.9. The SMILES string of the molecule is CCOC(=O)CC1CCC(CNC(C)c2ncc(C(F)(F)F)cc2CNCc2cc(C(F)(F)F)cc(C(F)(F)F)c2)CC1. The third-order valence-electron chi connectivity index (χ3n) is 7.47. The number of nitrogens with one attached hydrogen (secondary N) is 2. The number of pyridine rings is 1. The van der Waals surface area contributed by atoms with Gasteiger partial charge in [-0.25, -0.2) is 0 Å². The molecule has 0 radical (unpaired) electrons. The van der Waals surface area contributed by atoms with Crippen LogP contribution in [0.5, 0.6) is 0 Å². The van der Waals surface area contributed by atoms with Crippen molar-refractivity contribution in [1.29, 1.82) is 0 Å². The zero-order chi connectivity index (χ0) is 32.0. The number of nitrogens with zero attached hydrogens (tertiary/aromatic N) is 1. The predicted molar refractivity (Wildman–Crippen MR) is 139 cm³/mol. The topological polar surface area (TPSA) is 63.2 Å². The van der Waals surface area contributed by atoms with Crippen molar-refractivity contribution in [1.82, 2.24) is 15.6 Å². The fourth-order valence-electron chi connectivity index (χ4n) is 5.21. The van der Waals surface area contributed by atoms with Crippen LogP contribution in [-0.4, -0.2) is 24.1 Å². The first-order valence-electron chi connectivity index (χ1n) is 13.9. The van der Waals surface area contributed by atoms with Crippen molar-refractivity contribution in [2.45, 2.75) is 83.6 Å². The average Bonchev–Trinajstić information content (AvgIpc) is 2.91. The lowest BCUT2D eigenvalue weighted by atomic mass is 9.80. The molecule has 0 amide bonds. The first-order chi connectivity index (χ1) is 20.0. The molecule has 0 aliphatic heterocycles. The molecule has 1 aromatic heterocycles. The number of alkyl halides is 9. The summed E-state index contributed by atoms with van der Waals surface area (Å²) < 4.78 is 124. The number of carbonyl (C=O) groups is 1. The van der Waals surface area contributed by atoms with E-state index in [1.807, 2.05) is 0 Å². The molecule has 1 atom stereocenters. The molecule has 1 unspecified atom stereocenters.